The van der Waals surface area contributed by atoms with E-state index >= 15 is 0 Å². The van der Waals surface area contributed by atoms with E-state index in [1.54, 1.807) is 0 Å². The van der Waals surface area contributed by atoms with Crippen molar-refractivity contribution in [2.45, 2.75) is 6.04 Å². The molecule has 0 bridgehead atoms. The number of imide groups is 1. The highest BCUT2D eigenvalue weighted by Crippen LogP contribution is 2.21. The molecule has 1 aliphatic rings. The fraction of sp³-hybridized carbons (Fsp3) is 0.273. The van der Waals surface area contributed by atoms with Crippen LogP contribution in [0.5, 0.6) is 0 Å². The standard InChI is InChI=1S/C11H12FN3O2/c12-8-3-1-7(2-4-8)9-10(16)15(6-5-13)11(17)14-9/h1-4,9H,5-6,13H2,(H,14,17). The first-order valence-corrected chi connectivity index (χ1v) is 5.21. The third-order valence-electron chi connectivity index (χ3n) is 2.58. The third kappa shape index (κ3) is 2.12. The van der Waals surface area contributed by atoms with Crippen LogP contribution >= 0.6 is 0 Å². The zero-order valence-electron chi connectivity index (χ0n) is 9.02. The Bertz CT molecular complexity index is 447. The largest absolute Gasteiger partial charge is 0.329 e. The van der Waals surface area contributed by atoms with Crippen molar-refractivity contribution >= 4 is 11.9 Å². The molecule has 5 nitrogen and oxygen atoms in total. The molecule has 17 heavy (non-hydrogen) atoms. The molecule has 1 atom stereocenters. The van der Waals surface area contributed by atoms with Gasteiger partial charge in [-0.3, -0.25) is 9.69 Å². The summed E-state index contributed by atoms with van der Waals surface area (Å²) in [5.74, 6) is -0.739. The van der Waals surface area contributed by atoms with Crippen LogP contribution in [0.4, 0.5) is 9.18 Å². The van der Waals surface area contributed by atoms with Crippen LogP contribution in [0.1, 0.15) is 11.6 Å². The van der Waals surface area contributed by atoms with Crippen molar-refractivity contribution in [2.75, 3.05) is 13.1 Å². The maximum atomic E-state index is 12.7. The third-order valence-corrected chi connectivity index (χ3v) is 2.58. The van der Waals surface area contributed by atoms with Gasteiger partial charge in [-0.1, -0.05) is 12.1 Å². The number of nitrogens with two attached hydrogens (primary N) is 1. The summed E-state index contributed by atoms with van der Waals surface area (Å²) in [5, 5.41) is 2.53. The fourth-order valence-corrected chi connectivity index (χ4v) is 1.74. The monoisotopic (exact) mass is 237 g/mol. The second-order valence-electron chi connectivity index (χ2n) is 3.71. The molecule has 2 rings (SSSR count). The van der Waals surface area contributed by atoms with Crippen LogP contribution in [-0.4, -0.2) is 29.9 Å². The molecule has 90 valence electrons. The summed E-state index contributed by atoms with van der Waals surface area (Å²) in [6.07, 6.45) is 0. The van der Waals surface area contributed by atoms with E-state index in [4.69, 9.17) is 5.73 Å². The second-order valence-corrected chi connectivity index (χ2v) is 3.71. The van der Waals surface area contributed by atoms with Gasteiger partial charge in [-0.05, 0) is 17.7 Å². The lowest BCUT2D eigenvalue weighted by molar-refractivity contribution is -0.127. The number of urea groups is 1. The van der Waals surface area contributed by atoms with Gasteiger partial charge >= 0.3 is 6.03 Å². The Morgan fingerprint density at radius 3 is 2.53 bits per heavy atom. The molecule has 1 fully saturated rings. The summed E-state index contributed by atoms with van der Waals surface area (Å²) < 4.78 is 12.7. The summed E-state index contributed by atoms with van der Waals surface area (Å²) in [5.41, 5.74) is 5.87. The molecule has 0 aliphatic carbocycles. The van der Waals surface area contributed by atoms with E-state index in [9.17, 15) is 14.0 Å². The van der Waals surface area contributed by atoms with E-state index in [1.165, 1.54) is 24.3 Å². The van der Waals surface area contributed by atoms with Gasteiger partial charge in [0.25, 0.3) is 5.91 Å². The highest BCUT2D eigenvalue weighted by molar-refractivity contribution is 6.04. The number of halogens is 1. The minimum Gasteiger partial charge on any atom is -0.329 e. The van der Waals surface area contributed by atoms with Gasteiger partial charge in [-0.25, -0.2) is 9.18 Å². The predicted molar refractivity (Wildman–Crippen MR) is 58.4 cm³/mol. The van der Waals surface area contributed by atoms with Gasteiger partial charge in [0.2, 0.25) is 0 Å². The van der Waals surface area contributed by atoms with E-state index in [1.807, 2.05) is 0 Å². The summed E-state index contributed by atoms with van der Waals surface area (Å²) in [6.45, 7) is 0.400. The summed E-state index contributed by atoms with van der Waals surface area (Å²) in [7, 11) is 0. The van der Waals surface area contributed by atoms with E-state index in [0.717, 1.165) is 4.90 Å². The molecule has 1 saturated heterocycles. The van der Waals surface area contributed by atoms with Crippen LogP contribution in [0.3, 0.4) is 0 Å². The number of rotatable bonds is 3. The van der Waals surface area contributed by atoms with Crippen LogP contribution < -0.4 is 11.1 Å². The van der Waals surface area contributed by atoms with Gasteiger partial charge < -0.3 is 11.1 Å². The van der Waals surface area contributed by atoms with Gasteiger partial charge in [0.1, 0.15) is 11.9 Å². The molecule has 0 radical (unpaired) electrons. The molecule has 1 aromatic rings. The minimum absolute atomic E-state index is 0.183. The van der Waals surface area contributed by atoms with Crippen LogP contribution in [0.2, 0.25) is 0 Å². The lowest BCUT2D eigenvalue weighted by Gasteiger charge is -2.11. The Labute approximate surface area is 97.4 Å². The van der Waals surface area contributed by atoms with E-state index in [2.05, 4.69) is 5.32 Å². The van der Waals surface area contributed by atoms with Crippen LogP contribution in [-0.2, 0) is 4.79 Å². The summed E-state index contributed by atoms with van der Waals surface area (Å²) in [6, 6.07) is 4.25. The number of carbonyl (C=O) groups excluding carboxylic acids is 2. The van der Waals surface area contributed by atoms with Crippen molar-refractivity contribution in [1.82, 2.24) is 10.2 Å². The molecular weight excluding hydrogens is 225 g/mol. The highest BCUT2D eigenvalue weighted by atomic mass is 19.1. The van der Waals surface area contributed by atoms with Crippen molar-refractivity contribution in [3.8, 4) is 0 Å². The normalized spacial score (nSPS) is 19.6. The van der Waals surface area contributed by atoms with Crippen LogP contribution in [0.25, 0.3) is 0 Å². The Balaban J connectivity index is 2.21. The fourth-order valence-electron chi connectivity index (χ4n) is 1.74. The minimum atomic E-state index is -0.741. The number of benzene rings is 1. The summed E-state index contributed by atoms with van der Waals surface area (Å²) >= 11 is 0. The Morgan fingerprint density at radius 2 is 1.94 bits per heavy atom. The molecule has 1 aliphatic heterocycles. The second kappa shape index (κ2) is 4.50. The maximum absolute atomic E-state index is 12.7. The molecule has 0 aromatic heterocycles. The predicted octanol–water partition coefficient (Wildman–Crippen LogP) is 0.377. The van der Waals surface area contributed by atoms with E-state index in [-0.39, 0.29) is 24.8 Å². The first-order valence-electron chi connectivity index (χ1n) is 5.21. The Hall–Kier alpha value is -1.95. The topological polar surface area (TPSA) is 75.4 Å². The number of nitrogens with one attached hydrogen (secondary N) is 1. The first kappa shape index (κ1) is 11.5. The van der Waals surface area contributed by atoms with Crippen LogP contribution in [0.15, 0.2) is 24.3 Å². The molecule has 1 heterocycles. The molecule has 3 amide bonds. The average Bonchev–Trinajstić information content (AvgIpc) is 2.59. The molecule has 6 heteroatoms. The lowest BCUT2D eigenvalue weighted by atomic mass is 10.1. The van der Waals surface area contributed by atoms with Gasteiger partial charge in [-0.2, -0.15) is 0 Å². The van der Waals surface area contributed by atoms with Gasteiger partial charge in [-0.15, -0.1) is 0 Å². The molecule has 1 unspecified atom stereocenters. The molecule has 3 N–H and O–H groups in total. The Kier molecular flexibility index (Phi) is 3.06. The van der Waals surface area contributed by atoms with Crippen molar-refractivity contribution in [3.05, 3.63) is 35.6 Å². The van der Waals surface area contributed by atoms with E-state index < -0.39 is 12.1 Å². The Morgan fingerprint density at radius 1 is 1.29 bits per heavy atom. The first-order chi connectivity index (χ1) is 8.13. The van der Waals surface area contributed by atoms with Gasteiger partial charge in [0.15, 0.2) is 0 Å². The number of hydrogen-bond acceptors (Lipinski definition) is 3. The molecule has 0 spiro atoms. The quantitative estimate of drug-likeness (QED) is 0.746. The van der Waals surface area contributed by atoms with Crippen molar-refractivity contribution in [3.63, 3.8) is 0 Å². The summed E-state index contributed by atoms with van der Waals surface area (Å²) in [4.78, 5) is 24.4. The van der Waals surface area contributed by atoms with Gasteiger partial charge in [0, 0.05) is 13.1 Å². The molecule has 0 saturated carbocycles. The van der Waals surface area contributed by atoms with Gasteiger partial charge in [0.05, 0.1) is 0 Å². The highest BCUT2D eigenvalue weighted by Gasteiger charge is 2.38. The smallest absolute Gasteiger partial charge is 0.325 e. The van der Waals surface area contributed by atoms with Crippen LogP contribution in [0, 0.1) is 5.82 Å². The van der Waals surface area contributed by atoms with Crippen molar-refractivity contribution in [1.29, 1.82) is 0 Å². The zero-order valence-corrected chi connectivity index (χ0v) is 9.02. The van der Waals surface area contributed by atoms with E-state index in [0.29, 0.717) is 5.56 Å². The molecule has 1 aromatic carbocycles. The average molecular weight is 237 g/mol. The SMILES string of the molecule is NCCN1C(=O)NC(c2ccc(F)cc2)C1=O. The number of carbonyl (C=O) groups is 2. The lowest BCUT2D eigenvalue weighted by Crippen LogP contribution is -2.35. The van der Waals surface area contributed by atoms with Crippen molar-refractivity contribution in [2.24, 2.45) is 5.73 Å². The zero-order chi connectivity index (χ0) is 12.4. The number of nitrogens with zero attached hydrogens (tertiary/aromatic N) is 1. The number of amides is 3. The van der Waals surface area contributed by atoms with Crippen molar-refractivity contribution < 1.29 is 14.0 Å². The maximum Gasteiger partial charge on any atom is 0.325 e. The number of hydrogen-bond donors (Lipinski definition) is 2. The molecular formula is C11H12FN3O2.